The van der Waals surface area contributed by atoms with Crippen LogP contribution in [0, 0.1) is 0 Å². The van der Waals surface area contributed by atoms with Crippen molar-refractivity contribution in [3.8, 4) is 0 Å². The van der Waals surface area contributed by atoms with E-state index >= 15 is 0 Å². The number of piperazine rings is 1. The number of nitrogens with one attached hydrogen (secondary N) is 1. The second-order valence-electron chi connectivity index (χ2n) is 12.4. The van der Waals surface area contributed by atoms with Gasteiger partial charge >= 0.3 is 12.3 Å². The monoisotopic (exact) mass is 692 g/mol. The van der Waals surface area contributed by atoms with Gasteiger partial charge in [-0.15, -0.1) is 5.10 Å². The molecule has 0 aliphatic carbocycles. The molecule has 2 aliphatic heterocycles. The van der Waals surface area contributed by atoms with Crippen LogP contribution < -0.4 is 15.8 Å². The van der Waals surface area contributed by atoms with E-state index in [1.54, 1.807) is 37.5 Å². The van der Waals surface area contributed by atoms with E-state index in [2.05, 4.69) is 15.4 Å². The molecular weight excluding hydrogens is 657 g/mol. The molecule has 5 rings (SSSR count). The molecule has 0 radical (unpaired) electrons. The maximum absolute atomic E-state index is 14.0. The third-order valence-corrected chi connectivity index (χ3v) is 8.15. The number of hydrogen-bond acceptors (Lipinski definition) is 8. The van der Waals surface area contributed by atoms with Gasteiger partial charge in [-0.3, -0.25) is 14.4 Å². The number of benzene rings is 1. The van der Waals surface area contributed by atoms with Crippen molar-refractivity contribution in [3.63, 3.8) is 0 Å². The van der Waals surface area contributed by atoms with E-state index in [-0.39, 0.29) is 66.5 Å². The van der Waals surface area contributed by atoms with Crippen molar-refractivity contribution < 1.29 is 32.3 Å². The third kappa shape index (κ3) is 7.58. The van der Waals surface area contributed by atoms with Crippen molar-refractivity contribution in [2.24, 2.45) is 0 Å². The number of amides is 3. The van der Waals surface area contributed by atoms with Crippen LogP contribution in [0.25, 0.3) is 11.9 Å². The topological polar surface area (TPSA) is 134 Å². The van der Waals surface area contributed by atoms with E-state index in [9.17, 15) is 32.3 Å². The summed E-state index contributed by atoms with van der Waals surface area (Å²) < 4.78 is 47.5. The van der Waals surface area contributed by atoms with Crippen LogP contribution in [-0.2, 0) is 33.5 Å². The molecule has 0 spiro atoms. The predicted molar refractivity (Wildman–Crippen MR) is 172 cm³/mol. The van der Waals surface area contributed by atoms with Gasteiger partial charge in [0.1, 0.15) is 17.8 Å². The van der Waals surface area contributed by atoms with Crippen molar-refractivity contribution in [2.75, 3.05) is 49.5 Å². The standard InChI is InChI=1S/C31H36ClF3N8O5/c1-5-22-26(40-13-15-41(16-14-40)29(47)48-30(2,3)4)27(46)43-28(37-23(38-43)9-10-25(45)39-11-6-12-39)42(22)18-24(44)36-21-8-7-19(17-20(21)32)31(33,34)35/h7-10,17H,5-6,11-16,18H2,1-4H3,(H,36,44)/b10-9+. The van der Waals surface area contributed by atoms with Crippen molar-refractivity contribution in [1.82, 2.24) is 29.0 Å². The van der Waals surface area contributed by atoms with Gasteiger partial charge in [-0.25, -0.2) is 4.79 Å². The molecule has 3 aromatic rings. The minimum absolute atomic E-state index is 0.0257. The maximum Gasteiger partial charge on any atom is 0.416 e. The van der Waals surface area contributed by atoms with Crippen molar-refractivity contribution in [2.45, 2.75) is 58.9 Å². The average molecular weight is 693 g/mol. The van der Waals surface area contributed by atoms with Crippen LogP contribution in [0.5, 0.6) is 0 Å². The highest BCUT2D eigenvalue weighted by Crippen LogP contribution is 2.34. The summed E-state index contributed by atoms with van der Waals surface area (Å²) in [6.07, 6.45) is -1.17. The second-order valence-corrected chi connectivity index (χ2v) is 12.8. The Balaban J connectivity index is 1.49. The minimum atomic E-state index is -4.61. The Bertz CT molecular complexity index is 1820. The van der Waals surface area contributed by atoms with Gasteiger partial charge in [0.05, 0.1) is 22.0 Å². The van der Waals surface area contributed by atoms with E-state index in [1.165, 1.54) is 16.7 Å². The van der Waals surface area contributed by atoms with Gasteiger partial charge in [-0.2, -0.15) is 22.7 Å². The Labute approximate surface area is 278 Å². The second kappa shape index (κ2) is 13.5. The predicted octanol–water partition coefficient (Wildman–Crippen LogP) is 4.07. The van der Waals surface area contributed by atoms with Crippen molar-refractivity contribution in [1.29, 1.82) is 0 Å². The summed E-state index contributed by atoms with van der Waals surface area (Å²) in [4.78, 5) is 62.0. The number of likely N-dealkylation sites (tertiary alicyclic amines) is 1. The van der Waals surface area contributed by atoms with Crippen LogP contribution in [0.3, 0.4) is 0 Å². The van der Waals surface area contributed by atoms with E-state index in [1.807, 2.05) is 4.90 Å². The Morgan fingerprint density at radius 3 is 2.29 bits per heavy atom. The lowest BCUT2D eigenvalue weighted by Crippen LogP contribution is -2.51. The molecule has 2 aliphatic rings. The minimum Gasteiger partial charge on any atom is -0.444 e. The summed E-state index contributed by atoms with van der Waals surface area (Å²) in [5.41, 5.74) is -1.46. The number of nitrogens with zero attached hydrogens (tertiary/aromatic N) is 7. The molecule has 0 unspecified atom stereocenters. The Hall–Kier alpha value is -4.60. The number of carbonyl (C=O) groups is 3. The highest BCUT2D eigenvalue weighted by Gasteiger charge is 2.32. The number of rotatable bonds is 7. The lowest BCUT2D eigenvalue weighted by molar-refractivity contribution is -0.137. The molecule has 17 heteroatoms. The maximum atomic E-state index is 14.0. The SMILES string of the molecule is CCc1c(N2CCN(C(=O)OC(C)(C)C)CC2)c(=O)n2nc(/C=C/C(=O)N3CCC3)nc2n1CC(=O)Nc1ccc(C(F)(F)F)cc1Cl. The molecule has 4 heterocycles. The molecule has 3 amide bonds. The first-order chi connectivity index (χ1) is 22.6. The fourth-order valence-corrected chi connectivity index (χ4v) is 5.60. The highest BCUT2D eigenvalue weighted by atomic mass is 35.5. The summed E-state index contributed by atoms with van der Waals surface area (Å²) in [6.45, 7) is 9.13. The molecule has 13 nitrogen and oxygen atoms in total. The molecule has 2 fully saturated rings. The summed E-state index contributed by atoms with van der Waals surface area (Å²) in [7, 11) is 0. The molecule has 2 saturated heterocycles. The normalized spacial score (nSPS) is 15.6. The summed E-state index contributed by atoms with van der Waals surface area (Å²) in [6, 6.07) is 2.60. The number of carbonyl (C=O) groups excluding carboxylic acids is 3. The van der Waals surface area contributed by atoms with Crippen LogP contribution in [0.4, 0.5) is 29.3 Å². The quantitative estimate of drug-likeness (QED) is 0.367. The lowest BCUT2D eigenvalue weighted by Gasteiger charge is -2.37. The Kier molecular flexibility index (Phi) is 9.76. The number of ether oxygens (including phenoxy) is 1. The van der Waals surface area contributed by atoms with Crippen LogP contribution >= 0.6 is 11.6 Å². The van der Waals surface area contributed by atoms with Gasteiger partial charge in [-0.05, 0) is 57.9 Å². The fourth-order valence-electron chi connectivity index (χ4n) is 5.37. The molecule has 2 aromatic heterocycles. The number of anilines is 2. The lowest BCUT2D eigenvalue weighted by atomic mass is 10.2. The number of alkyl halides is 3. The first-order valence-corrected chi connectivity index (χ1v) is 15.8. The molecule has 1 aromatic carbocycles. The van der Waals surface area contributed by atoms with Gasteiger partial charge in [0.2, 0.25) is 17.6 Å². The van der Waals surface area contributed by atoms with Crippen molar-refractivity contribution >= 4 is 52.7 Å². The van der Waals surface area contributed by atoms with Gasteiger partial charge in [0, 0.05) is 45.3 Å². The van der Waals surface area contributed by atoms with Crippen LogP contribution in [0.1, 0.15) is 51.2 Å². The zero-order valence-corrected chi connectivity index (χ0v) is 27.7. The molecule has 1 N–H and O–H groups in total. The largest absolute Gasteiger partial charge is 0.444 e. The van der Waals surface area contributed by atoms with Crippen LogP contribution in [-0.4, -0.2) is 91.7 Å². The van der Waals surface area contributed by atoms with Gasteiger partial charge < -0.3 is 29.3 Å². The molecule has 0 bridgehead atoms. The molecule has 258 valence electrons. The Morgan fingerprint density at radius 1 is 1.04 bits per heavy atom. The van der Waals surface area contributed by atoms with E-state index in [4.69, 9.17) is 16.3 Å². The molecule has 48 heavy (non-hydrogen) atoms. The number of hydrogen-bond donors (Lipinski definition) is 1. The van der Waals surface area contributed by atoms with Gasteiger partial charge in [0.25, 0.3) is 5.56 Å². The van der Waals surface area contributed by atoms with Gasteiger partial charge in [0.15, 0.2) is 5.82 Å². The molecule has 0 atom stereocenters. The first-order valence-electron chi connectivity index (χ1n) is 15.4. The average Bonchev–Trinajstić information content (AvgIpc) is 3.41. The van der Waals surface area contributed by atoms with E-state index in [0.29, 0.717) is 18.8 Å². The highest BCUT2D eigenvalue weighted by molar-refractivity contribution is 6.33. The van der Waals surface area contributed by atoms with Crippen LogP contribution in [0.2, 0.25) is 5.02 Å². The zero-order valence-electron chi connectivity index (χ0n) is 26.9. The number of fused-ring (bicyclic) bond motifs is 1. The van der Waals surface area contributed by atoms with Crippen molar-refractivity contribution in [3.05, 3.63) is 56.7 Å². The van der Waals surface area contributed by atoms with E-state index < -0.39 is 41.4 Å². The first kappa shape index (κ1) is 34.7. The van der Waals surface area contributed by atoms with Crippen LogP contribution in [0.15, 0.2) is 29.1 Å². The zero-order chi connectivity index (χ0) is 35.0. The number of halogens is 4. The smallest absolute Gasteiger partial charge is 0.416 e. The Morgan fingerprint density at radius 2 is 1.73 bits per heavy atom. The number of aromatic nitrogens is 4. The summed E-state index contributed by atoms with van der Waals surface area (Å²) in [5.74, 6) is -0.779. The summed E-state index contributed by atoms with van der Waals surface area (Å²) in [5, 5.41) is 6.59. The van der Waals surface area contributed by atoms with Gasteiger partial charge in [-0.1, -0.05) is 18.5 Å². The molecular formula is C31H36ClF3N8O5. The van der Waals surface area contributed by atoms with E-state index in [0.717, 1.165) is 29.1 Å². The third-order valence-electron chi connectivity index (χ3n) is 7.84. The fraction of sp³-hybridized carbons (Fsp3) is 0.484. The molecule has 0 saturated carbocycles. The summed E-state index contributed by atoms with van der Waals surface area (Å²) >= 11 is 6.08.